The first-order chi connectivity index (χ1) is 13.6. The molecule has 4 rings (SSSR count). The number of para-hydroxylation sites is 2. The number of rotatable bonds is 0. The van der Waals surface area contributed by atoms with Gasteiger partial charge in [0.25, 0.3) is 0 Å². The van der Waals surface area contributed by atoms with Gasteiger partial charge >= 0.3 is 0 Å². The van der Waals surface area contributed by atoms with Gasteiger partial charge in [-0.3, -0.25) is 0 Å². The molecule has 4 nitrogen and oxygen atoms in total. The second-order valence-corrected chi connectivity index (χ2v) is 9.34. The number of imidazole rings is 1. The van der Waals surface area contributed by atoms with Gasteiger partial charge in [-0.15, -0.1) is 0 Å². The monoisotopic (exact) mass is 394 g/mol. The SMILES string of the molecule is CC.CC(C)(C)c1ccc2c(n1)NCCC2.CC(C)(C)c1nc2ccccc2[nH]1. The topological polar surface area (TPSA) is 53.6 Å². The maximum Gasteiger partial charge on any atom is 0.129 e. The molecule has 0 saturated heterocycles. The first-order valence-electron chi connectivity index (χ1n) is 10.8. The maximum atomic E-state index is 4.67. The van der Waals surface area contributed by atoms with Crippen molar-refractivity contribution in [2.45, 2.75) is 79.1 Å². The largest absolute Gasteiger partial charge is 0.370 e. The summed E-state index contributed by atoms with van der Waals surface area (Å²) in [4.78, 5) is 12.5. The van der Waals surface area contributed by atoms with Crippen molar-refractivity contribution in [1.82, 2.24) is 15.0 Å². The molecule has 1 aliphatic rings. The van der Waals surface area contributed by atoms with Crippen LogP contribution in [0.3, 0.4) is 0 Å². The van der Waals surface area contributed by atoms with E-state index >= 15 is 0 Å². The molecule has 3 aromatic rings. The number of benzene rings is 1. The molecular formula is C25H38N4. The van der Waals surface area contributed by atoms with Crippen LogP contribution in [-0.4, -0.2) is 21.5 Å². The first kappa shape index (κ1) is 22.9. The molecule has 0 fully saturated rings. The smallest absolute Gasteiger partial charge is 0.129 e. The molecule has 2 aromatic heterocycles. The molecule has 0 saturated carbocycles. The summed E-state index contributed by atoms with van der Waals surface area (Å²) >= 11 is 0. The zero-order valence-electron chi connectivity index (χ0n) is 19.5. The van der Waals surface area contributed by atoms with Crippen LogP contribution in [-0.2, 0) is 17.3 Å². The Balaban J connectivity index is 0.000000191. The highest BCUT2D eigenvalue weighted by molar-refractivity contribution is 5.74. The Kier molecular flexibility index (Phi) is 7.45. The standard InChI is InChI=1S/C12H18N2.C11H14N2.C2H6/c1-12(2,3)10-7-6-9-5-4-8-13-11(9)14-10;1-11(2,3)10-12-8-6-4-5-7-9(8)13-10;1-2/h6-7H,4-5,8H2,1-3H3,(H,13,14);4-7H,1-3H3,(H,12,13);1-2H3. The maximum absolute atomic E-state index is 4.67. The summed E-state index contributed by atoms with van der Waals surface area (Å²) in [7, 11) is 0. The van der Waals surface area contributed by atoms with Gasteiger partial charge in [0.15, 0.2) is 0 Å². The van der Waals surface area contributed by atoms with Gasteiger partial charge in [0.1, 0.15) is 11.6 Å². The number of nitrogens with zero attached hydrogens (tertiary/aromatic N) is 2. The van der Waals surface area contributed by atoms with Gasteiger partial charge in [-0.2, -0.15) is 0 Å². The Morgan fingerprint density at radius 1 is 0.828 bits per heavy atom. The third kappa shape index (κ3) is 6.06. The summed E-state index contributed by atoms with van der Waals surface area (Å²) in [6, 6.07) is 12.5. The normalized spacial score (nSPS) is 13.4. The number of hydrogen-bond donors (Lipinski definition) is 2. The molecule has 158 valence electrons. The molecule has 0 unspecified atom stereocenters. The number of fused-ring (bicyclic) bond motifs is 2. The minimum Gasteiger partial charge on any atom is -0.370 e. The lowest BCUT2D eigenvalue weighted by Gasteiger charge is -2.22. The van der Waals surface area contributed by atoms with Gasteiger partial charge < -0.3 is 10.3 Å². The van der Waals surface area contributed by atoms with Crippen molar-refractivity contribution < 1.29 is 0 Å². The predicted octanol–water partition coefficient (Wildman–Crippen LogP) is 6.62. The van der Waals surface area contributed by atoms with E-state index in [9.17, 15) is 0 Å². The molecule has 0 spiro atoms. The van der Waals surface area contributed by atoms with E-state index in [0.717, 1.165) is 29.2 Å². The van der Waals surface area contributed by atoms with Gasteiger partial charge in [-0.05, 0) is 36.6 Å². The van der Waals surface area contributed by atoms with Crippen molar-refractivity contribution >= 4 is 16.9 Å². The zero-order chi connectivity index (χ0) is 21.7. The quantitative estimate of drug-likeness (QED) is 0.450. The van der Waals surface area contributed by atoms with Gasteiger partial charge in [0.2, 0.25) is 0 Å². The second-order valence-electron chi connectivity index (χ2n) is 9.34. The number of aryl methyl sites for hydroxylation is 1. The number of H-pyrrole nitrogens is 1. The summed E-state index contributed by atoms with van der Waals surface area (Å²) < 4.78 is 0. The molecule has 29 heavy (non-hydrogen) atoms. The third-order valence-corrected chi connectivity index (χ3v) is 4.76. The van der Waals surface area contributed by atoms with Crippen LogP contribution >= 0.6 is 0 Å². The summed E-state index contributed by atoms with van der Waals surface area (Å²) in [5.74, 6) is 2.15. The van der Waals surface area contributed by atoms with Crippen LogP contribution < -0.4 is 5.32 Å². The summed E-state index contributed by atoms with van der Waals surface area (Å²) in [5.41, 5.74) is 4.95. The molecule has 4 heteroatoms. The van der Waals surface area contributed by atoms with E-state index in [1.54, 1.807) is 0 Å². The number of aromatic amines is 1. The van der Waals surface area contributed by atoms with E-state index in [0.29, 0.717) is 0 Å². The molecule has 0 aliphatic carbocycles. The van der Waals surface area contributed by atoms with Crippen molar-refractivity contribution in [3.63, 3.8) is 0 Å². The Bertz CT molecular complexity index is 877. The fourth-order valence-corrected chi connectivity index (χ4v) is 3.05. The van der Waals surface area contributed by atoms with Crippen molar-refractivity contribution in [1.29, 1.82) is 0 Å². The molecule has 1 aliphatic heterocycles. The minimum atomic E-state index is 0.0962. The van der Waals surface area contributed by atoms with E-state index in [2.05, 4.69) is 80.0 Å². The molecule has 1 aromatic carbocycles. The summed E-state index contributed by atoms with van der Waals surface area (Å²) in [6.07, 6.45) is 2.39. The van der Waals surface area contributed by atoms with Gasteiger partial charge in [-0.25, -0.2) is 9.97 Å². The fourth-order valence-electron chi connectivity index (χ4n) is 3.05. The van der Waals surface area contributed by atoms with Gasteiger partial charge in [0.05, 0.1) is 11.0 Å². The molecule has 0 atom stereocenters. The average molecular weight is 395 g/mol. The molecular weight excluding hydrogens is 356 g/mol. The third-order valence-electron chi connectivity index (χ3n) is 4.76. The highest BCUT2D eigenvalue weighted by atomic mass is 15.0. The van der Waals surface area contributed by atoms with Crippen LogP contribution in [0.4, 0.5) is 5.82 Å². The van der Waals surface area contributed by atoms with E-state index in [1.165, 1.54) is 24.1 Å². The Hall–Kier alpha value is -2.36. The van der Waals surface area contributed by atoms with Crippen LogP contribution in [0, 0.1) is 0 Å². The predicted molar refractivity (Wildman–Crippen MR) is 126 cm³/mol. The van der Waals surface area contributed by atoms with Gasteiger partial charge in [-0.1, -0.05) is 73.6 Å². The second kappa shape index (κ2) is 9.43. The molecule has 0 bridgehead atoms. The van der Waals surface area contributed by atoms with E-state index in [4.69, 9.17) is 0 Å². The summed E-state index contributed by atoms with van der Waals surface area (Å²) in [5, 5.41) is 3.36. The van der Waals surface area contributed by atoms with Crippen LogP contribution in [0.2, 0.25) is 0 Å². The van der Waals surface area contributed by atoms with Crippen LogP contribution in [0.5, 0.6) is 0 Å². The Labute approximate surface area is 176 Å². The highest BCUT2D eigenvalue weighted by Gasteiger charge is 2.19. The minimum absolute atomic E-state index is 0.0962. The fraction of sp³-hybridized carbons (Fsp3) is 0.520. The highest BCUT2D eigenvalue weighted by Crippen LogP contribution is 2.26. The lowest BCUT2D eigenvalue weighted by molar-refractivity contribution is 0.554. The van der Waals surface area contributed by atoms with E-state index < -0.39 is 0 Å². The number of hydrogen-bond acceptors (Lipinski definition) is 3. The van der Waals surface area contributed by atoms with Gasteiger partial charge in [0, 0.05) is 23.1 Å². The van der Waals surface area contributed by atoms with Crippen molar-refractivity contribution in [3.8, 4) is 0 Å². The number of anilines is 1. The van der Waals surface area contributed by atoms with Crippen molar-refractivity contribution in [3.05, 3.63) is 53.5 Å². The van der Waals surface area contributed by atoms with E-state index in [-0.39, 0.29) is 10.8 Å². The lowest BCUT2D eigenvalue weighted by Crippen LogP contribution is -2.18. The van der Waals surface area contributed by atoms with Crippen LogP contribution in [0.25, 0.3) is 11.0 Å². The molecule has 3 heterocycles. The molecule has 0 amide bonds. The van der Waals surface area contributed by atoms with Crippen molar-refractivity contribution in [2.75, 3.05) is 11.9 Å². The van der Waals surface area contributed by atoms with Crippen LogP contribution in [0.1, 0.15) is 78.9 Å². The molecule has 0 radical (unpaired) electrons. The van der Waals surface area contributed by atoms with Crippen molar-refractivity contribution in [2.24, 2.45) is 0 Å². The van der Waals surface area contributed by atoms with Crippen LogP contribution in [0.15, 0.2) is 36.4 Å². The Morgan fingerprint density at radius 2 is 1.52 bits per heavy atom. The lowest BCUT2D eigenvalue weighted by atomic mass is 9.91. The average Bonchev–Trinajstić information content (AvgIpc) is 3.14. The Morgan fingerprint density at radius 3 is 2.14 bits per heavy atom. The summed E-state index contributed by atoms with van der Waals surface area (Å²) in [6.45, 7) is 18.1. The molecule has 2 N–H and O–H groups in total. The number of aromatic nitrogens is 3. The van der Waals surface area contributed by atoms with E-state index in [1.807, 2.05) is 32.0 Å². The first-order valence-corrected chi connectivity index (χ1v) is 10.8. The number of nitrogens with one attached hydrogen (secondary N) is 2. The number of pyridine rings is 1. The zero-order valence-corrected chi connectivity index (χ0v) is 19.5.